The molecule has 1 aromatic rings. The number of anilines is 2. The topological polar surface area (TPSA) is 70.1 Å². The molecule has 1 unspecified atom stereocenters. The highest BCUT2D eigenvalue weighted by molar-refractivity contribution is 7.19. The highest BCUT2D eigenvalue weighted by atomic mass is 32.1. The minimum atomic E-state index is -0.0588. The third kappa shape index (κ3) is 2.80. The summed E-state index contributed by atoms with van der Waals surface area (Å²) >= 11 is 1.37. The van der Waals surface area contributed by atoms with Crippen molar-refractivity contribution in [2.24, 2.45) is 5.92 Å². The van der Waals surface area contributed by atoms with Crippen LogP contribution in [0.4, 0.5) is 10.7 Å². The molecular weight excluding hydrogens is 270 g/mol. The summed E-state index contributed by atoms with van der Waals surface area (Å²) in [5, 5.41) is 10.2. The second-order valence-corrected chi connectivity index (χ2v) is 6.38. The number of nitriles is 1. The van der Waals surface area contributed by atoms with Gasteiger partial charge in [0.15, 0.2) is 5.78 Å². The van der Waals surface area contributed by atoms with Gasteiger partial charge in [-0.1, -0.05) is 13.3 Å². The molecule has 108 valence electrons. The fourth-order valence-electron chi connectivity index (χ4n) is 2.80. The van der Waals surface area contributed by atoms with Crippen molar-refractivity contribution in [2.75, 3.05) is 23.7 Å². The van der Waals surface area contributed by atoms with Crippen LogP contribution in [0.1, 0.15) is 54.8 Å². The average molecular weight is 291 g/mol. The molecule has 0 spiro atoms. The summed E-state index contributed by atoms with van der Waals surface area (Å²) in [7, 11) is 0. The van der Waals surface area contributed by atoms with Crippen LogP contribution in [0.25, 0.3) is 0 Å². The lowest BCUT2D eigenvalue weighted by atomic mass is 9.98. The Hall–Kier alpha value is -1.54. The van der Waals surface area contributed by atoms with E-state index in [0.717, 1.165) is 36.9 Å². The van der Waals surface area contributed by atoms with E-state index in [1.165, 1.54) is 31.1 Å². The molecule has 20 heavy (non-hydrogen) atoms. The molecule has 2 N–H and O–H groups in total. The van der Waals surface area contributed by atoms with Crippen LogP contribution < -0.4 is 10.6 Å². The standard InChI is InChI=1S/C15H21N3OS/c1-3-11-5-4-7-18(8-6-11)15-12(9-16)13(17)14(20-15)10(2)19/h11H,3-8,17H2,1-2H3. The molecular formula is C15H21N3OS. The monoisotopic (exact) mass is 291 g/mol. The first-order valence-corrected chi connectivity index (χ1v) is 7.98. The first kappa shape index (κ1) is 14.9. The molecule has 0 aliphatic carbocycles. The minimum absolute atomic E-state index is 0.0588. The number of nitrogens with two attached hydrogens (primary N) is 1. The van der Waals surface area contributed by atoms with Crippen molar-refractivity contribution < 1.29 is 4.79 Å². The van der Waals surface area contributed by atoms with Crippen LogP contribution in [-0.2, 0) is 0 Å². The molecule has 1 atom stereocenters. The van der Waals surface area contributed by atoms with Gasteiger partial charge in [-0.05, 0) is 25.2 Å². The molecule has 1 aromatic heterocycles. The first-order chi connectivity index (χ1) is 9.58. The van der Waals surface area contributed by atoms with Crippen LogP contribution in [-0.4, -0.2) is 18.9 Å². The average Bonchev–Trinajstić information content (AvgIpc) is 2.62. The van der Waals surface area contributed by atoms with Gasteiger partial charge in [0.2, 0.25) is 0 Å². The van der Waals surface area contributed by atoms with Crippen LogP contribution in [0.15, 0.2) is 0 Å². The number of carbonyl (C=O) groups excluding carboxylic acids is 1. The molecule has 0 amide bonds. The highest BCUT2D eigenvalue weighted by Gasteiger charge is 2.24. The predicted octanol–water partition coefficient (Wildman–Crippen LogP) is 3.42. The SMILES string of the molecule is CCC1CCCN(c2sc(C(C)=O)c(N)c2C#N)CC1. The zero-order valence-electron chi connectivity index (χ0n) is 12.1. The van der Waals surface area contributed by atoms with Crippen molar-refractivity contribution in [3.63, 3.8) is 0 Å². The number of carbonyl (C=O) groups is 1. The summed E-state index contributed by atoms with van der Waals surface area (Å²) in [5.74, 6) is 0.714. The van der Waals surface area contributed by atoms with Gasteiger partial charge in [-0.3, -0.25) is 4.79 Å². The molecule has 0 saturated carbocycles. The van der Waals surface area contributed by atoms with E-state index >= 15 is 0 Å². The Labute approximate surface area is 124 Å². The van der Waals surface area contributed by atoms with Gasteiger partial charge in [-0.2, -0.15) is 5.26 Å². The quantitative estimate of drug-likeness (QED) is 0.866. The molecule has 5 heteroatoms. The molecule has 1 aliphatic heterocycles. The molecule has 0 bridgehead atoms. The number of ketones is 1. The van der Waals surface area contributed by atoms with Gasteiger partial charge in [0, 0.05) is 20.0 Å². The number of nitrogen functional groups attached to an aromatic ring is 1. The summed E-state index contributed by atoms with van der Waals surface area (Å²) < 4.78 is 0. The summed E-state index contributed by atoms with van der Waals surface area (Å²) in [4.78, 5) is 14.4. The van der Waals surface area contributed by atoms with Crippen molar-refractivity contribution in [2.45, 2.75) is 39.5 Å². The lowest BCUT2D eigenvalue weighted by molar-refractivity contribution is 0.102. The minimum Gasteiger partial charge on any atom is -0.396 e. The molecule has 2 heterocycles. The maximum atomic E-state index is 11.6. The molecule has 0 aromatic carbocycles. The Balaban J connectivity index is 2.30. The van der Waals surface area contributed by atoms with Crippen LogP contribution in [0.2, 0.25) is 0 Å². The van der Waals surface area contributed by atoms with E-state index < -0.39 is 0 Å². The number of rotatable bonds is 3. The third-order valence-corrected chi connectivity index (χ3v) is 5.44. The maximum absolute atomic E-state index is 11.6. The van der Waals surface area contributed by atoms with Gasteiger partial charge < -0.3 is 10.6 Å². The van der Waals surface area contributed by atoms with Gasteiger partial charge >= 0.3 is 0 Å². The Morgan fingerprint density at radius 1 is 1.50 bits per heavy atom. The van der Waals surface area contributed by atoms with E-state index in [1.807, 2.05) is 0 Å². The van der Waals surface area contributed by atoms with Crippen molar-refractivity contribution >= 4 is 27.8 Å². The normalized spacial score (nSPS) is 19.4. The Bertz CT molecular complexity index is 544. The Kier molecular flexibility index (Phi) is 4.66. The van der Waals surface area contributed by atoms with Crippen molar-refractivity contribution in [3.05, 3.63) is 10.4 Å². The Morgan fingerprint density at radius 2 is 2.25 bits per heavy atom. The fourth-order valence-corrected chi connectivity index (χ4v) is 3.92. The van der Waals surface area contributed by atoms with E-state index in [1.54, 1.807) is 0 Å². The van der Waals surface area contributed by atoms with E-state index in [2.05, 4.69) is 17.9 Å². The van der Waals surface area contributed by atoms with Crippen LogP contribution in [0, 0.1) is 17.2 Å². The van der Waals surface area contributed by atoms with Gasteiger partial charge in [-0.25, -0.2) is 0 Å². The van der Waals surface area contributed by atoms with Crippen LogP contribution in [0.3, 0.4) is 0 Å². The number of hydrogen-bond acceptors (Lipinski definition) is 5. The van der Waals surface area contributed by atoms with Gasteiger partial charge in [0.25, 0.3) is 0 Å². The second kappa shape index (κ2) is 6.27. The number of hydrogen-bond donors (Lipinski definition) is 1. The highest BCUT2D eigenvalue weighted by Crippen LogP contribution is 2.39. The van der Waals surface area contributed by atoms with E-state index in [4.69, 9.17) is 5.73 Å². The fraction of sp³-hybridized carbons (Fsp3) is 0.600. The zero-order valence-corrected chi connectivity index (χ0v) is 12.9. The first-order valence-electron chi connectivity index (χ1n) is 7.16. The summed E-state index contributed by atoms with van der Waals surface area (Å²) in [6.07, 6.45) is 4.74. The number of thiophene rings is 1. The van der Waals surface area contributed by atoms with E-state index in [9.17, 15) is 10.1 Å². The molecule has 1 saturated heterocycles. The maximum Gasteiger partial charge on any atom is 0.171 e. The van der Waals surface area contributed by atoms with Crippen LogP contribution >= 0.6 is 11.3 Å². The van der Waals surface area contributed by atoms with Gasteiger partial charge in [0.05, 0.1) is 10.6 Å². The molecule has 2 rings (SSSR count). The van der Waals surface area contributed by atoms with Gasteiger partial charge in [0.1, 0.15) is 16.6 Å². The van der Waals surface area contributed by atoms with Crippen molar-refractivity contribution in [1.29, 1.82) is 5.26 Å². The summed E-state index contributed by atoms with van der Waals surface area (Å²) in [6.45, 7) is 5.63. The number of nitrogens with zero attached hydrogens (tertiary/aromatic N) is 2. The van der Waals surface area contributed by atoms with Crippen LogP contribution in [0.5, 0.6) is 0 Å². The molecule has 1 aliphatic rings. The third-order valence-electron chi connectivity index (χ3n) is 4.07. The Morgan fingerprint density at radius 3 is 2.85 bits per heavy atom. The number of Topliss-reactive ketones (excluding diaryl/α,β-unsaturated/α-hetero) is 1. The smallest absolute Gasteiger partial charge is 0.171 e. The second-order valence-electron chi connectivity index (χ2n) is 5.39. The lowest BCUT2D eigenvalue weighted by Crippen LogP contribution is -2.24. The van der Waals surface area contributed by atoms with Crippen molar-refractivity contribution in [3.8, 4) is 6.07 Å². The lowest BCUT2D eigenvalue weighted by Gasteiger charge is -2.21. The van der Waals surface area contributed by atoms with E-state index in [-0.39, 0.29) is 5.78 Å². The zero-order chi connectivity index (χ0) is 14.7. The van der Waals surface area contributed by atoms with Crippen molar-refractivity contribution in [1.82, 2.24) is 0 Å². The van der Waals surface area contributed by atoms with E-state index in [0.29, 0.717) is 16.1 Å². The molecule has 1 fully saturated rings. The largest absolute Gasteiger partial charge is 0.396 e. The molecule has 0 radical (unpaired) electrons. The van der Waals surface area contributed by atoms with Gasteiger partial charge in [-0.15, -0.1) is 11.3 Å². The predicted molar refractivity (Wildman–Crippen MR) is 83.3 cm³/mol. The molecule has 4 nitrogen and oxygen atoms in total. The summed E-state index contributed by atoms with van der Waals surface area (Å²) in [5.41, 5.74) is 6.79. The summed E-state index contributed by atoms with van der Waals surface area (Å²) in [6, 6.07) is 2.17.